The maximum Gasteiger partial charge on any atom is 0.302 e. The topological polar surface area (TPSA) is 88.3 Å². The van der Waals surface area contributed by atoms with E-state index in [0.29, 0.717) is 29.2 Å². The molecule has 1 unspecified atom stereocenters. The molecule has 106 valence electrons. The molecule has 1 saturated heterocycles. The van der Waals surface area contributed by atoms with Gasteiger partial charge in [-0.3, -0.25) is 4.72 Å². The summed E-state index contributed by atoms with van der Waals surface area (Å²) in [5.41, 5.74) is 6.05. The molecule has 1 aromatic heterocycles. The number of nitrogens with one attached hydrogen (secondary N) is 1. The van der Waals surface area contributed by atoms with Crippen molar-refractivity contribution in [2.75, 3.05) is 23.5 Å². The molecule has 0 bridgehead atoms. The zero-order valence-electron chi connectivity index (χ0n) is 10.6. The maximum atomic E-state index is 12.3. The van der Waals surface area contributed by atoms with Gasteiger partial charge in [-0.2, -0.15) is 12.7 Å². The molecule has 0 spiro atoms. The van der Waals surface area contributed by atoms with Gasteiger partial charge < -0.3 is 5.73 Å². The number of nitrogen functional groups attached to an aromatic ring is 1. The number of hydrogen-bond donors (Lipinski definition) is 2. The van der Waals surface area contributed by atoms with Gasteiger partial charge in [0.2, 0.25) is 0 Å². The van der Waals surface area contributed by atoms with Gasteiger partial charge in [-0.1, -0.05) is 6.92 Å². The van der Waals surface area contributed by atoms with E-state index in [4.69, 9.17) is 5.73 Å². The number of halogens is 1. The number of nitrogens with zero attached hydrogens (tertiary/aromatic N) is 2. The highest BCUT2D eigenvalue weighted by Gasteiger charge is 2.27. The molecule has 1 aliphatic rings. The van der Waals surface area contributed by atoms with E-state index in [2.05, 4.69) is 32.6 Å². The van der Waals surface area contributed by atoms with Crippen molar-refractivity contribution in [1.82, 2.24) is 9.29 Å². The van der Waals surface area contributed by atoms with Gasteiger partial charge >= 0.3 is 10.2 Å². The van der Waals surface area contributed by atoms with E-state index in [1.54, 1.807) is 6.07 Å². The van der Waals surface area contributed by atoms with Crippen LogP contribution >= 0.6 is 15.9 Å². The SMILES string of the molecule is CC1CCCN(S(=O)(=O)Nc2ncc(N)cc2Br)C1. The molecule has 6 nitrogen and oxygen atoms in total. The molecule has 19 heavy (non-hydrogen) atoms. The van der Waals surface area contributed by atoms with Gasteiger partial charge in [0.05, 0.1) is 16.4 Å². The number of rotatable bonds is 3. The number of piperidine rings is 1. The summed E-state index contributed by atoms with van der Waals surface area (Å²) >= 11 is 3.25. The first-order chi connectivity index (χ1) is 8.88. The molecular formula is C11H17BrN4O2S. The minimum atomic E-state index is -3.55. The number of anilines is 2. The van der Waals surface area contributed by atoms with Crippen molar-refractivity contribution >= 4 is 37.6 Å². The van der Waals surface area contributed by atoms with E-state index in [0.717, 1.165) is 12.8 Å². The Labute approximate surface area is 121 Å². The molecule has 0 saturated carbocycles. The minimum absolute atomic E-state index is 0.257. The lowest BCUT2D eigenvalue weighted by Gasteiger charge is -2.30. The van der Waals surface area contributed by atoms with Gasteiger partial charge in [-0.05, 0) is 40.8 Å². The average molecular weight is 349 g/mol. The Morgan fingerprint density at radius 1 is 1.58 bits per heavy atom. The van der Waals surface area contributed by atoms with Crippen LogP contribution in [0.1, 0.15) is 19.8 Å². The van der Waals surface area contributed by atoms with Crippen molar-refractivity contribution in [3.8, 4) is 0 Å². The van der Waals surface area contributed by atoms with Crippen molar-refractivity contribution in [3.63, 3.8) is 0 Å². The van der Waals surface area contributed by atoms with Gasteiger partial charge in [0.1, 0.15) is 0 Å². The summed E-state index contributed by atoms with van der Waals surface area (Å²) in [4.78, 5) is 3.99. The van der Waals surface area contributed by atoms with E-state index in [1.807, 2.05) is 0 Å². The minimum Gasteiger partial charge on any atom is -0.397 e. The summed E-state index contributed by atoms with van der Waals surface area (Å²) in [7, 11) is -3.55. The quantitative estimate of drug-likeness (QED) is 0.871. The summed E-state index contributed by atoms with van der Waals surface area (Å²) < 4.78 is 29.0. The highest BCUT2D eigenvalue weighted by atomic mass is 79.9. The van der Waals surface area contributed by atoms with Crippen LogP contribution in [0, 0.1) is 5.92 Å². The van der Waals surface area contributed by atoms with Crippen molar-refractivity contribution < 1.29 is 8.42 Å². The smallest absolute Gasteiger partial charge is 0.302 e. The second kappa shape index (κ2) is 5.64. The predicted molar refractivity (Wildman–Crippen MR) is 78.9 cm³/mol. The molecule has 0 amide bonds. The Morgan fingerprint density at radius 3 is 2.95 bits per heavy atom. The Morgan fingerprint density at radius 2 is 2.32 bits per heavy atom. The highest BCUT2D eigenvalue weighted by Crippen LogP contribution is 2.25. The molecule has 0 radical (unpaired) electrons. The van der Waals surface area contributed by atoms with Crippen LogP contribution < -0.4 is 10.5 Å². The van der Waals surface area contributed by atoms with E-state index >= 15 is 0 Å². The van der Waals surface area contributed by atoms with Crippen LogP contribution in [0.2, 0.25) is 0 Å². The highest BCUT2D eigenvalue weighted by molar-refractivity contribution is 9.10. The van der Waals surface area contributed by atoms with Crippen molar-refractivity contribution in [2.45, 2.75) is 19.8 Å². The fourth-order valence-corrected chi connectivity index (χ4v) is 4.03. The standard InChI is InChI=1S/C11H17BrN4O2S/c1-8-3-2-4-16(7-8)19(17,18)15-11-10(12)5-9(13)6-14-11/h5-6,8H,2-4,7,13H2,1H3,(H,14,15). The van der Waals surface area contributed by atoms with Crippen LogP contribution in [0.5, 0.6) is 0 Å². The first-order valence-corrected chi connectivity index (χ1v) is 8.30. The van der Waals surface area contributed by atoms with E-state index in [9.17, 15) is 8.42 Å². The number of hydrogen-bond acceptors (Lipinski definition) is 4. The van der Waals surface area contributed by atoms with Gasteiger partial charge in [0.25, 0.3) is 0 Å². The molecule has 0 aromatic carbocycles. The molecule has 0 aliphatic carbocycles. The van der Waals surface area contributed by atoms with E-state index < -0.39 is 10.2 Å². The molecule has 1 aliphatic heterocycles. The number of pyridine rings is 1. The van der Waals surface area contributed by atoms with Crippen LogP contribution in [0.4, 0.5) is 11.5 Å². The molecule has 2 rings (SSSR count). The largest absolute Gasteiger partial charge is 0.397 e. The second-order valence-corrected chi connectivity index (χ2v) is 7.34. The van der Waals surface area contributed by atoms with Crippen molar-refractivity contribution in [1.29, 1.82) is 0 Å². The Hall–Kier alpha value is -0.860. The Kier molecular flexibility index (Phi) is 4.32. The fourth-order valence-electron chi connectivity index (χ4n) is 2.08. The molecule has 1 fully saturated rings. The average Bonchev–Trinajstić information content (AvgIpc) is 2.33. The zero-order valence-corrected chi connectivity index (χ0v) is 13.0. The summed E-state index contributed by atoms with van der Waals surface area (Å²) in [6.07, 6.45) is 3.37. The lowest BCUT2D eigenvalue weighted by molar-refractivity contribution is 0.282. The van der Waals surface area contributed by atoms with Gasteiger partial charge in [-0.25, -0.2) is 4.98 Å². The predicted octanol–water partition coefficient (Wildman–Crippen LogP) is 1.81. The lowest BCUT2D eigenvalue weighted by atomic mass is 10.0. The first kappa shape index (κ1) is 14.5. The maximum absolute atomic E-state index is 12.3. The molecular weight excluding hydrogens is 332 g/mol. The summed E-state index contributed by atoms with van der Waals surface area (Å²) in [5, 5.41) is 0. The first-order valence-electron chi connectivity index (χ1n) is 6.07. The summed E-state index contributed by atoms with van der Waals surface area (Å²) in [6, 6.07) is 1.61. The lowest BCUT2D eigenvalue weighted by Crippen LogP contribution is -2.42. The zero-order chi connectivity index (χ0) is 14.0. The van der Waals surface area contributed by atoms with Crippen LogP contribution in [-0.4, -0.2) is 30.8 Å². The van der Waals surface area contributed by atoms with Crippen LogP contribution in [-0.2, 0) is 10.2 Å². The number of aromatic nitrogens is 1. The van der Waals surface area contributed by atoms with Gasteiger partial charge in [0, 0.05) is 13.1 Å². The Balaban J connectivity index is 2.16. The third-order valence-electron chi connectivity index (χ3n) is 3.05. The van der Waals surface area contributed by atoms with Gasteiger partial charge in [0.15, 0.2) is 5.82 Å². The molecule has 1 aromatic rings. The van der Waals surface area contributed by atoms with Crippen molar-refractivity contribution in [2.24, 2.45) is 5.92 Å². The van der Waals surface area contributed by atoms with Crippen LogP contribution in [0.3, 0.4) is 0 Å². The van der Waals surface area contributed by atoms with Crippen LogP contribution in [0.15, 0.2) is 16.7 Å². The third kappa shape index (κ3) is 3.58. The van der Waals surface area contributed by atoms with Crippen LogP contribution in [0.25, 0.3) is 0 Å². The molecule has 1 atom stereocenters. The van der Waals surface area contributed by atoms with Crippen molar-refractivity contribution in [3.05, 3.63) is 16.7 Å². The van der Waals surface area contributed by atoms with E-state index in [-0.39, 0.29) is 5.82 Å². The number of nitrogens with two attached hydrogens (primary N) is 1. The third-order valence-corrected chi connectivity index (χ3v) is 5.11. The fraction of sp³-hybridized carbons (Fsp3) is 0.545. The molecule has 3 N–H and O–H groups in total. The monoisotopic (exact) mass is 348 g/mol. The molecule has 8 heteroatoms. The molecule has 2 heterocycles. The summed E-state index contributed by atoms with van der Waals surface area (Å²) in [5.74, 6) is 0.639. The Bertz CT molecular complexity index is 564. The second-order valence-electron chi connectivity index (χ2n) is 4.81. The normalized spacial score (nSPS) is 21.3. The van der Waals surface area contributed by atoms with E-state index in [1.165, 1.54) is 10.5 Å². The summed E-state index contributed by atoms with van der Waals surface area (Å²) in [6.45, 7) is 3.15. The van der Waals surface area contributed by atoms with Gasteiger partial charge in [-0.15, -0.1) is 0 Å².